The van der Waals surface area contributed by atoms with Crippen LogP contribution in [0.2, 0.25) is 0 Å². The molecule has 92 valence electrons. The summed E-state index contributed by atoms with van der Waals surface area (Å²) in [6.07, 6.45) is 3.69. The van der Waals surface area contributed by atoms with Crippen molar-refractivity contribution in [2.45, 2.75) is 32.1 Å². The highest BCUT2D eigenvalue weighted by Crippen LogP contribution is 2.26. The van der Waals surface area contributed by atoms with Gasteiger partial charge in [0.2, 0.25) is 0 Å². The lowest BCUT2D eigenvalue weighted by molar-refractivity contribution is 0.420. The Bertz CT molecular complexity index is 505. The molecule has 0 saturated heterocycles. The lowest BCUT2D eigenvalue weighted by Gasteiger charge is -1.99. The maximum atomic E-state index is 6.15. The fourth-order valence-electron chi connectivity index (χ4n) is 1.66. The number of hydrogen-bond donors (Lipinski definition) is 0. The van der Waals surface area contributed by atoms with Crippen LogP contribution in [0.5, 0.6) is 0 Å². The third kappa shape index (κ3) is 2.49. The van der Waals surface area contributed by atoms with Crippen molar-refractivity contribution < 1.29 is 4.52 Å². The summed E-state index contributed by atoms with van der Waals surface area (Å²) in [5.74, 6) is 1.03. The topological polar surface area (TPSA) is 56.7 Å². The number of hydrogen-bond acceptors (Lipinski definition) is 4. The Morgan fingerprint density at radius 1 is 1.53 bits per heavy atom. The summed E-state index contributed by atoms with van der Waals surface area (Å²) in [5.41, 5.74) is 1.72. The zero-order valence-electron chi connectivity index (χ0n) is 10.1. The van der Waals surface area contributed by atoms with Crippen LogP contribution in [0.25, 0.3) is 11.5 Å². The fourth-order valence-corrected chi connectivity index (χ4v) is 1.97. The normalized spacial score (nSPS) is 12.9. The molecular weight excluding hydrogens is 240 g/mol. The minimum absolute atomic E-state index is 0.186. The minimum atomic E-state index is -0.186. The monoisotopic (exact) mass is 254 g/mol. The van der Waals surface area contributed by atoms with E-state index in [0.717, 1.165) is 24.1 Å². The molecule has 0 saturated carbocycles. The minimum Gasteiger partial charge on any atom is -0.334 e. The summed E-state index contributed by atoms with van der Waals surface area (Å²) in [4.78, 5) is 4.31. The van der Waals surface area contributed by atoms with Gasteiger partial charge in [-0.15, -0.1) is 11.6 Å². The van der Waals surface area contributed by atoms with Crippen molar-refractivity contribution in [1.29, 1.82) is 0 Å². The van der Waals surface area contributed by atoms with Crippen LogP contribution in [0, 0.1) is 6.92 Å². The predicted octanol–water partition coefficient (Wildman–Crippen LogP) is 2.86. The standard InChI is InChI=1S/C11H15ClN4O/c1-4-5-9(12)10-13-11(17-15-10)8-6-16(3)14-7(8)2/h6,9H,4-5H2,1-3H3. The molecule has 0 amide bonds. The second-order valence-electron chi connectivity index (χ2n) is 4.02. The molecule has 2 rings (SSSR count). The third-order valence-electron chi connectivity index (χ3n) is 2.51. The third-order valence-corrected chi connectivity index (χ3v) is 2.92. The molecule has 0 aliphatic carbocycles. The van der Waals surface area contributed by atoms with Gasteiger partial charge in [-0.05, 0) is 13.3 Å². The van der Waals surface area contributed by atoms with E-state index >= 15 is 0 Å². The van der Waals surface area contributed by atoms with E-state index in [1.165, 1.54) is 0 Å². The first-order valence-electron chi connectivity index (χ1n) is 5.60. The van der Waals surface area contributed by atoms with Crippen molar-refractivity contribution in [2.75, 3.05) is 0 Å². The highest BCUT2D eigenvalue weighted by Gasteiger charge is 2.18. The van der Waals surface area contributed by atoms with Gasteiger partial charge in [-0.1, -0.05) is 18.5 Å². The highest BCUT2D eigenvalue weighted by atomic mass is 35.5. The van der Waals surface area contributed by atoms with Gasteiger partial charge in [0.25, 0.3) is 5.89 Å². The Labute approximate surface area is 105 Å². The largest absolute Gasteiger partial charge is 0.334 e. The van der Waals surface area contributed by atoms with Crippen LogP contribution in [0.3, 0.4) is 0 Å². The number of aryl methyl sites for hydroxylation is 2. The molecule has 1 atom stereocenters. The second kappa shape index (κ2) is 4.87. The molecule has 0 aliphatic heterocycles. The molecule has 2 aromatic heterocycles. The molecule has 0 aliphatic rings. The Morgan fingerprint density at radius 2 is 2.29 bits per heavy atom. The summed E-state index contributed by atoms with van der Waals surface area (Å²) in [6, 6.07) is 0. The zero-order valence-corrected chi connectivity index (χ0v) is 10.9. The SMILES string of the molecule is CCCC(Cl)c1noc(-c2cn(C)nc2C)n1. The van der Waals surface area contributed by atoms with Crippen LogP contribution < -0.4 is 0 Å². The summed E-state index contributed by atoms with van der Waals surface area (Å²) < 4.78 is 6.93. The van der Waals surface area contributed by atoms with Gasteiger partial charge in [-0.25, -0.2) is 0 Å². The quantitative estimate of drug-likeness (QED) is 0.788. The van der Waals surface area contributed by atoms with E-state index in [0.29, 0.717) is 11.7 Å². The van der Waals surface area contributed by atoms with E-state index in [-0.39, 0.29) is 5.38 Å². The van der Waals surface area contributed by atoms with Crippen LogP contribution in [0.1, 0.15) is 36.7 Å². The number of rotatable bonds is 4. The molecule has 2 aromatic rings. The van der Waals surface area contributed by atoms with Gasteiger partial charge < -0.3 is 4.52 Å². The van der Waals surface area contributed by atoms with E-state index in [1.54, 1.807) is 4.68 Å². The van der Waals surface area contributed by atoms with Crippen LogP contribution in [-0.2, 0) is 7.05 Å². The smallest absolute Gasteiger partial charge is 0.261 e. The number of alkyl halides is 1. The van der Waals surface area contributed by atoms with Crippen molar-refractivity contribution in [3.63, 3.8) is 0 Å². The maximum absolute atomic E-state index is 6.15. The molecule has 0 fully saturated rings. The maximum Gasteiger partial charge on any atom is 0.261 e. The Balaban J connectivity index is 2.26. The van der Waals surface area contributed by atoms with Gasteiger partial charge in [0, 0.05) is 13.2 Å². The Kier molecular flexibility index (Phi) is 3.47. The van der Waals surface area contributed by atoms with Crippen LogP contribution >= 0.6 is 11.6 Å². The molecule has 0 bridgehead atoms. The highest BCUT2D eigenvalue weighted by molar-refractivity contribution is 6.20. The molecular formula is C11H15ClN4O. The van der Waals surface area contributed by atoms with Crippen LogP contribution in [-0.4, -0.2) is 19.9 Å². The van der Waals surface area contributed by atoms with Crippen molar-refractivity contribution in [3.05, 3.63) is 17.7 Å². The number of nitrogens with zero attached hydrogens (tertiary/aromatic N) is 4. The van der Waals surface area contributed by atoms with Crippen LogP contribution in [0.4, 0.5) is 0 Å². The average molecular weight is 255 g/mol. The second-order valence-corrected chi connectivity index (χ2v) is 4.54. The van der Waals surface area contributed by atoms with E-state index in [2.05, 4.69) is 22.2 Å². The van der Waals surface area contributed by atoms with Gasteiger partial charge in [0.1, 0.15) is 0 Å². The summed E-state index contributed by atoms with van der Waals surface area (Å²) in [6.45, 7) is 3.98. The van der Waals surface area contributed by atoms with Crippen molar-refractivity contribution in [2.24, 2.45) is 7.05 Å². The number of aromatic nitrogens is 4. The van der Waals surface area contributed by atoms with Crippen molar-refractivity contribution in [1.82, 2.24) is 19.9 Å². The Hall–Kier alpha value is -1.36. The zero-order chi connectivity index (χ0) is 12.4. The molecule has 17 heavy (non-hydrogen) atoms. The van der Waals surface area contributed by atoms with Gasteiger partial charge in [0.15, 0.2) is 5.82 Å². The van der Waals surface area contributed by atoms with Crippen molar-refractivity contribution in [3.8, 4) is 11.5 Å². The molecule has 0 radical (unpaired) electrons. The Morgan fingerprint density at radius 3 is 2.88 bits per heavy atom. The van der Waals surface area contributed by atoms with Gasteiger partial charge in [0.05, 0.1) is 16.6 Å². The average Bonchev–Trinajstić information content (AvgIpc) is 2.85. The van der Waals surface area contributed by atoms with Gasteiger partial charge in [-0.3, -0.25) is 4.68 Å². The van der Waals surface area contributed by atoms with Crippen molar-refractivity contribution >= 4 is 11.6 Å². The summed E-state index contributed by atoms with van der Waals surface area (Å²) in [7, 11) is 1.86. The molecule has 0 spiro atoms. The number of halogens is 1. The van der Waals surface area contributed by atoms with Crippen LogP contribution in [0.15, 0.2) is 10.7 Å². The van der Waals surface area contributed by atoms with Gasteiger partial charge >= 0.3 is 0 Å². The summed E-state index contributed by atoms with van der Waals surface area (Å²) >= 11 is 6.15. The van der Waals surface area contributed by atoms with E-state index in [4.69, 9.17) is 16.1 Å². The lowest BCUT2D eigenvalue weighted by atomic mass is 10.2. The molecule has 5 nitrogen and oxygen atoms in total. The lowest BCUT2D eigenvalue weighted by Crippen LogP contribution is -1.92. The van der Waals surface area contributed by atoms with E-state index in [1.807, 2.05) is 20.2 Å². The van der Waals surface area contributed by atoms with E-state index in [9.17, 15) is 0 Å². The molecule has 0 aromatic carbocycles. The molecule has 2 heterocycles. The molecule has 6 heteroatoms. The fraction of sp³-hybridized carbons (Fsp3) is 0.545. The summed E-state index contributed by atoms with van der Waals surface area (Å²) in [5, 5.41) is 7.95. The first kappa shape index (κ1) is 12.1. The van der Waals surface area contributed by atoms with E-state index < -0.39 is 0 Å². The molecule has 0 N–H and O–H groups in total. The molecule has 1 unspecified atom stereocenters. The first-order chi connectivity index (χ1) is 8.11. The first-order valence-corrected chi connectivity index (χ1v) is 6.03. The van der Waals surface area contributed by atoms with Gasteiger partial charge in [-0.2, -0.15) is 10.1 Å². The predicted molar refractivity (Wildman–Crippen MR) is 64.7 cm³/mol.